The van der Waals surface area contributed by atoms with E-state index in [1.54, 1.807) is 12.1 Å². The zero-order valence-electron chi connectivity index (χ0n) is 11.0. The molecule has 0 amide bonds. The molecule has 1 fully saturated rings. The van der Waals surface area contributed by atoms with Gasteiger partial charge < -0.3 is 10.6 Å². The summed E-state index contributed by atoms with van der Waals surface area (Å²) in [6.45, 7) is 3.73. The van der Waals surface area contributed by atoms with E-state index in [0.29, 0.717) is 5.92 Å². The molecule has 106 valence electrons. The van der Waals surface area contributed by atoms with Gasteiger partial charge in [0.2, 0.25) is 0 Å². The van der Waals surface area contributed by atoms with Gasteiger partial charge in [-0.25, -0.2) is 0 Å². The van der Waals surface area contributed by atoms with Crippen LogP contribution in [0.2, 0.25) is 0 Å². The van der Waals surface area contributed by atoms with Crippen LogP contribution in [0.15, 0.2) is 24.3 Å². The van der Waals surface area contributed by atoms with E-state index in [2.05, 4.69) is 4.90 Å². The van der Waals surface area contributed by atoms with E-state index in [1.165, 1.54) is 0 Å². The maximum atomic E-state index is 12.5. The van der Waals surface area contributed by atoms with Crippen LogP contribution in [0, 0.1) is 5.92 Å². The second kappa shape index (κ2) is 5.41. The molecule has 2 N–H and O–H groups in total. The minimum absolute atomic E-state index is 0.190. The Balaban J connectivity index is 2.00. The summed E-state index contributed by atoms with van der Waals surface area (Å²) in [5, 5.41) is 0. The molecule has 5 heteroatoms. The van der Waals surface area contributed by atoms with Gasteiger partial charge in [-0.2, -0.15) is 13.2 Å². The number of nitrogens with two attached hydrogens (primary N) is 1. The van der Waals surface area contributed by atoms with Gasteiger partial charge in [-0.15, -0.1) is 0 Å². The predicted octanol–water partition coefficient (Wildman–Crippen LogP) is 3.27. The number of hydrogen-bond donors (Lipinski definition) is 1. The Morgan fingerprint density at radius 2 is 1.68 bits per heavy atom. The van der Waals surface area contributed by atoms with Crippen LogP contribution < -0.4 is 10.6 Å². The zero-order valence-corrected chi connectivity index (χ0v) is 11.0. The SMILES string of the molecule is CC(N)C1CCN(c2ccc(C(F)(F)F)cc2)CC1. The van der Waals surface area contributed by atoms with Crippen molar-refractivity contribution >= 4 is 5.69 Å². The Hall–Kier alpha value is -1.23. The molecule has 0 bridgehead atoms. The van der Waals surface area contributed by atoms with Crippen LogP contribution in [-0.4, -0.2) is 19.1 Å². The van der Waals surface area contributed by atoms with Crippen LogP contribution in [-0.2, 0) is 6.18 Å². The molecule has 1 aliphatic rings. The van der Waals surface area contributed by atoms with E-state index in [-0.39, 0.29) is 6.04 Å². The minimum atomic E-state index is -4.26. The summed E-state index contributed by atoms with van der Waals surface area (Å²) >= 11 is 0. The number of alkyl halides is 3. The fraction of sp³-hybridized carbons (Fsp3) is 0.571. The van der Waals surface area contributed by atoms with Gasteiger partial charge in [0.15, 0.2) is 0 Å². The van der Waals surface area contributed by atoms with Gasteiger partial charge in [-0.3, -0.25) is 0 Å². The van der Waals surface area contributed by atoms with Crippen molar-refractivity contribution in [1.29, 1.82) is 0 Å². The molecule has 19 heavy (non-hydrogen) atoms. The van der Waals surface area contributed by atoms with Crippen molar-refractivity contribution < 1.29 is 13.2 Å². The fourth-order valence-electron chi connectivity index (χ4n) is 2.54. The summed E-state index contributed by atoms with van der Waals surface area (Å²) in [5.41, 5.74) is 6.14. The van der Waals surface area contributed by atoms with Gasteiger partial charge in [0.25, 0.3) is 0 Å². The molecule has 0 spiro atoms. The van der Waals surface area contributed by atoms with Gasteiger partial charge in [0.05, 0.1) is 5.56 Å². The highest BCUT2D eigenvalue weighted by Gasteiger charge is 2.30. The Kier molecular flexibility index (Phi) is 4.04. The lowest BCUT2D eigenvalue weighted by molar-refractivity contribution is -0.137. The molecular formula is C14H19F3N2. The van der Waals surface area contributed by atoms with Gasteiger partial charge in [-0.1, -0.05) is 0 Å². The van der Waals surface area contributed by atoms with Crippen molar-refractivity contribution in [3.63, 3.8) is 0 Å². The number of halogens is 3. The van der Waals surface area contributed by atoms with Crippen molar-refractivity contribution in [3.05, 3.63) is 29.8 Å². The fourth-order valence-corrected chi connectivity index (χ4v) is 2.54. The second-order valence-corrected chi connectivity index (χ2v) is 5.23. The molecule has 1 saturated heterocycles. The first kappa shape index (κ1) is 14.2. The summed E-state index contributed by atoms with van der Waals surface area (Å²) in [6, 6.07) is 5.58. The van der Waals surface area contributed by atoms with Gasteiger partial charge in [0.1, 0.15) is 0 Å². The summed E-state index contributed by atoms with van der Waals surface area (Å²) in [4.78, 5) is 2.12. The van der Waals surface area contributed by atoms with Crippen molar-refractivity contribution in [2.75, 3.05) is 18.0 Å². The molecule has 1 aromatic rings. The molecule has 1 atom stereocenters. The van der Waals surface area contributed by atoms with E-state index >= 15 is 0 Å². The van der Waals surface area contributed by atoms with E-state index in [4.69, 9.17) is 5.73 Å². The van der Waals surface area contributed by atoms with Crippen LogP contribution in [0.3, 0.4) is 0 Å². The normalized spacial score (nSPS) is 19.5. The van der Waals surface area contributed by atoms with Crippen molar-refractivity contribution in [3.8, 4) is 0 Å². The van der Waals surface area contributed by atoms with Crippen LogP contribution in [0.25, 0.3) is 0 Å². The second-order valence-electron chi connectivity index (χ2n) is 5.23. The van der Waals surface area contributed by atoms with Gasteiger partial charge >= 0.3 is 6.18 Å². The highest BCUT2D eigenvalue weighted by molar-refractivity contribution is 5.48. The largest absolute Gasteiger partial charge is 0.416 e. The highest BCUT2D eigenvalue weighted by atomic mass is 19.4. The molecule has 0 aliphatic carbocycles. The standard InChI is InChI=1S/C14H19F3N2/c1-10(18)11-6-8-19(9-7-11)13-4-2-12(3-5-13)14(15,16)17/h2-5,10-11H,6-9,18H2,1H3. The average molecular weight is 272 g/mol. The molecule has 1 aromatic carbocycles. The number of anilines is 1. The predicted molar refractivity (Wildman–Crippen MR) is 70.0 cm³/mol. The number of rotatable bonds is 2. The molecule has 0 radical (unpaired) electrons. The van der Waals surface area contributed by atoms with Crippen LogP contribution in [0.4, 0.5) is 18.9 Å². The zero-order chi connectivity index (χ0) is 14.0. The molecular weight excluding hydrogens is 253 g/mol. The van der Waals surface area contributed by atoms with E-state index in [1.807, 2.05) is 6.92 Å². The first-order valence-electron chi connectivity index (χ1n) is 6.55. The summed E-state index contributed by atoms with van der Waals surface area (Å²) in [5.74, 6) is 0.519. The topological polar surface area (TPSA) is 29.3 Å². The van der Waals surface area contributed by atoms with Crippen LogP contribution in [0.5, 0.6) is 0 Å². The Bertz CT molecular complexity index is 404. The lowest BCUT2D eigenvalue weighted by atomic mass is 9.90. The Labute approximate surface area is 111 Å². The van der Waals surface area contributed by atoms with E-state index in [9.17, 15) is 13.2 Å². The Morgan fingerprint density at radius 1 is 1.16 bits per heavy atom. The highest BCUT2D eigenvalue weighted by Crippen LogP contribution is 2.31. The number of benzene rings is 1. The van der Waals surface area contributed by atoms with E-state index in [0.717, 1.165) is 43.8 Å². The number of nitrogens with zero attached hydrogens (tertiary/aromatic N) is 1. The molecule has 2 nitrogen and oxygen atoms in total. The van der Waals surface area contributed by atoms with Crippen molar-refractivity contribution in [2.24, 2.45) is 11.7 Å². The third-order valence-corrected chi connectivity index (χ3v) is 3.84. The first-order chi connectivity index (χ1) is 8.88. The third-order valence-electron chi connectivity index (χ3n) is 3.84. The first-order valence-corrected chi connectivity index (χ1v) is 6.55. The summed E-state index contributed by atoms with van der Waals surface area (Å²) in [7, 11) is 0. The molecule has 2 rings (SSSR count). The maximum absolute atomic E-state index is 12.5. The summed E-state index contributed by atoms with van der Waals surface area (Å²) < 4.78 is 37.4. The smallest absolute Gasteiger partial charge is 0.372 e. The third kappa shape index (κ3) is 3.41. The van der Waals surface area contributed by atoms with Crippen molar-refractivity contribution in [1.82, 2.24) is 0 Å². The minimum Gasteiger partial charge on any atom is -0.372 e. The van der Waals surface area contributed by atoms with Crippen LogP contribution in [0.1, 0.15) is 25.3 Å². The van der Waals surface area contributed by atoms with Gasteiger partial charge in [-0.05, 0) is 49.9 Å². The average Bonchev–Trinajstić information content (AvgIpc) is 2.38. The monoisotopic (exact) mass is 272 g/mol. The number of hydrogen-bond acceptors (Lipinski definition) is 2. The van der Waals surface area contributed by atoms with E-state index < -0.39 is 11.7 Å². The number of piperidine rings is 1. The maximum Gasteiger partial charge on any atom is 0.416 e. The molecule has 0 saturated carbocycles. The quantitative estimate of drug-likeness (QED) is 0.895. The van der Waals surface area contributed by atoms with Crippen LogP contribution >= 0.6 is 0 Å². The molecule has 1 unspecified atom stereocenters. The summed E-state index contributed by atoms with van der Waals surface area (Å²) in [6.07, 6.45) is -2.27. The molecule has 1 aliphatic heterocycles. The van der Waals surface area contributed by atoms with Gasteiger partial charge in [0, 0.05) is 24.8 Å². The molecule has 0 aromatic heterocycles. The molecule has 1 heterocycles. The lowest BCUT2D eigenvalue weighted by Gasteiger charge is -2.35. The van der Waals surface area contributed by atoms with Crippen molar-refractivity contribution in [2.45, 2.75) is 32.0 Å². The Morgan fingerprint density at radius 3 is 2.11 bits per heavy atom. The lowest BCUT2D eigenvalue weighted by Crippen LogP contribution is -2.39.